The Morgan fingerprint density at radius 3 is 2.46 bits per heavy atom. The van der Waals surface area contributed by atoms with E-state index in [1.807, 2.05) is 18.2 Å². The van der Waals surface area contributed by atoms with Crippen LogP contribution in [0.5, 0.6) is 0 Å². The summed E-state index contributed by atoms with van der Waals surface area (Å²) in [7, 11) is 0. The van der Waals surface area contributed by atoms with Crippen molar-refractivity contribution in [1.82, 2.24) is 0 Å². The maximum atomic E-state index is 12.0. The van der Waals surface area contributed by atoms with Crippen molar-refractivity contribution in [2.24, 2.45) is 5.89 Å². The highest BCUT2D eigenvalue weighted by Crippen LogP contribution is 2.27. The Morgan fingerprint density at radius 2 is 1.85 bits per heavy atom. The first-order chi connectivity index (χ1) is 6.72. The lowest BCUT2D eigenvalue weighted by molar-refractivity contribution is 0.0923. The second-order valence-electron chi connectivity index (χ2n) is 3.51. The molecule has 1 saturated carbocycles. The van der Waals surface area contributed by atoms with Crippen molar-refractivity contribution >= 4 is 5.78 Å². The molecule has 1 aromatic carbocycles. The summed E-state index contributed by atoms with van der Waals surface area (Å²) in [6.45, 7) is 0. The largest absolute Gasteiger partial charge is 0.294 e. The van der Waals surface area contributed by atoms with Gasteiger partial charge in [-0.2, -0.15) is 0 Å². The summed E-state index contributed by atoms with van der Waals surface area (Å²) >= 11 is 0. The van der Waals surface area contributed by atoms with Gasteiger partial charge in [-0.15, -0.1) is 0 Å². The summed E-state index contributed by atoms with van der Waals surface area (Å²) in [4.78, 5) is 12.0. The van der Waals surface area contributed by atoms with Crippen LogP contribution >= 0.6 is 0 Å². The monoisotopic (exact) mass is 175 g/mol. The van der Waals surface area contributed by atoms with Crippen LogP contribution in [-0.2, 0) is 0 Å². The van der Waals surface area contributed by atoms with E-state index < -0.39 is 5.89 Å². The van der Waals surface area contributed by atoms with Crippen LogP contribution < -0.4 is 0 Å². The Balaban J connectivity index is 2.24. The Bertz CT molecular complexity index is 325. The van der Waals surface area contributed by atoms with Crippen molar-refractivity contribution in [3.05, 3.63) is 35.9 Å². The van der Waals surface area contributed by atoms with Gasteiger partial charge in [0.1, 0.15) is 0 Å². The summed E-state index contributed by atoms with van der Waals surface area (Å²) in [5.41, 5.74) is 0.685. The van der Waals surface area contributed by atoms with Crippen molar-refractivity contribution < 1.29 is 6.17 Å². The van der Waals surface area contributed by atoms with E-state index in [4.69, 9.17) is 1.37 Å². The van der Waals surface area contributed by atoms with Gasteiger partial charge in [0.2, 0.25) is 0 Å². The van der Waals surface area contributed by atoms with Crippen molar-refractivity contribution in [2.45, 2.75) is 25.7 Å². The van der Waals surface area contributed by atoms with Gasteiger partial charge in [-0.3, -0.25) is 4.79 Å². The first-order valence-electron chi connectivity index (χ1n) is 5.32. The molecule has 1 aliphatic carbocycles. The maximum absolute atomic E-state index is 12.0. The van der Waals surface area contributed by atoms with Gasteiger partial charge in [0, 0.05) is 12.8 Å². The molecule has 0 heterocycles. The van der Waals surface area contributed by atoms with Gasteiger partial charge >= 0.3 is 0 Å². The molecule has 0 unspecified atom stereocenters. The maximum Gasteiger partial charge on any atom is 0.165 e. The molecule has 68 valence electrons. The quantitative estimate of drug-likeness (QED) is 0.631. The lowest BCUT2D eigenvalue weighted by atomic mass is 9.96. The zero-order valence-corrected chi connectivity index (χ0v) is 7.62. The average molecular weight is 175 g/mol. The Morgan fingerprint density at radius 1 is 1.23 bits per heavy atom. The number of carbonyl (C=O) groups excluding carboxylic acids is 1. The van der Waals surface area contributed by atoms with Crippen LogP contribution in [0, 0.1) is 5.89 Å². The molecule has 0 aliphatic heterocycles. The van der Waals surface area contributed by atoms with E-state index in [0.29, 0.717) is 5.56 Å². The van der Waals surface area contributed by atoms with E-state index in [-0.39, 0.29) is 5.78 Å². The summed E-state index contributed by atoms with van der Waals surface area (Å²) in [6.07, 6.45) is 3.48. The number of carbonyl (C=O) groups is 1. The topological polar surface area (TPSA) is 17.1 Å². The fourth-order valence-corrected chi connectivity index (χ4v) is 1.82. The predicted molar refractivity (Wildman–Crippen MR) is 52.7 cm³/mol. The summed E-state index contributed by atoms with van der Waals surface area (Å²) < 4.78 is 8.07. The lowest BCUT2D eigenvalue weighted by Gasteiger charge is -2.06. The zero-order chi connectivity index (χ0) is 10.0. The molecule has 0 amide bonds. The van der Waals surface area contributed by atoms with Crippen molar-refractivity contribution in [2.75, 3.05) is 0 Å². The predicted octanol–water partition coefficient (Wildman–Crippen LogP) is 3.06. The standard InChI is InChI=1S/C12H14O/c13-12(11-8-4-5-9-11)10-6-2-1-3-7-10/h1-3,6-7,11H,4-5,8-9H2/i11D. The van der Waals surface area contributed by atoms with Crippen LogP contribution in [0.15, 0.2) is 30.3 Å². The molecule has 0 radical (unpaired) electrons. The molecule has 13 heavy (non-hydrogen) atoms. The van der Waals surface area contributed by atoms with Crippen LogP contribution in [0.2, 0.25) is 0 Å². The third-order valence-electron chi connectivity index (χ3n) is 2.56. The van der Waals surface area contributed by atoms with Crippen LogP contribution in [0.4, 0.5) is 0 Å². The van der Waals surface area contributed by atoms with Crippen LogP contribution in [0.1, 0.15) is 37.4 Å². The number of benzene rings is 1. The van der Waals surface area contributed by atoms with E-state index in [9.17, 15) is 4.79 Å². The second-order valence-corrected chi connectivity index (χ2v) is 3.51. The lowest BCUT2D eigenvalue weighted by Crippen LogP contribution is -2.10. The van der Waals surface area contributed by atoms with Crippen LogP contribution in [0.25, 0.3) is 0 Å². The first kappa shape index (κ1) is 7.31. The van der Waals surface area contributed by atoms with Gasteiger partial charge in [-0.1, -0.05) is 43.2 Å². The normalized spacial score (nSPS) is 21.1. The highest BCUT2D eigenvalue weighted by atomic mass is 16.1. The smallest absolute Gasteiger partial charge is 0.165 e. The molecule has 1 heteroatoms. The van der Waals surface area contributed by atoms with Gasteiger partial charge in [-0.25, -0.2) is 0 Å². The first-order valence-corrected chi connectivity index (χ1v) is 4.82. The molecule has 1 fully saturated rings. The van der Waals surface area contributed by atoms with E-state index in [0.717, 1.165) is 25.7 Å². The van der Waals surface area contributed by atoms with Crippen LogP contribution in [-0.4, -0.2) is 5.78 Å². The highest BCUT2D eigenvalue weighted by molar-refractivity contribution is 5.97. The van der Waals surface area contributed by atoms with E-state index in [2.05, 4.69) is 0 Å². The number of ketones is 1. The molecular weight excluding hydrogens is 160 g/mol. The fourth-order valence-electron chi connectivity index (χ4n) is 1.82. The number of Topliss-reactive ketones (excluding diaryl/α,β-unsaturated/α-hetero) is 1. The highest BCUT2D eigenvalue weighted by Gasteiger charge is 2.23. The second kappa shape index (κ2) is 3.73. The van der Waals surface area contributed by atoms with Gasteiger partial charge < -0.3 is 0 Å². The van der Waals surface area contributed by atoms with Gasteiger partial charge in [0.15, 0.2) is 5.78 Å². The molecule has 1 aliphatic rings. The summed E-state index contributed by atoms with van der Waals surface area (Å²) in [5.74, 6) is -0.836. The summed E-state index contributed by atoms with van der Waals surface area (Å²) in [6, 6.07) is 9.20. The molecule has 0 saturated heterocycles. The minimum absolute atomic E-state index is 0.00407. The Hall–Kier alpha value is -1.11. The summed E-state index contributed by atoms with van der Waals surface area (Å²) in [5, 5.41) is 0. The van der Waals surface area contributed by atoms with Crippen LogP contribution in [0.3, 0.4) is 0 Å². The molecular formula is C12H14O. The SMILES string of the molecule is [2H]C1(C(=O)c2ccccc2)CCCC1. The molecule has 0 atom stereocenters. The Kier molecular flexibility index (Phi) is 2.10. The van der Waals surface area contributed by atoms with E-state index >= 15 is 0 Å². The minimum atomic E-state index is -0.832. The molecule has 0 bridgehead atoms. The number of hydrogen-bond donors (Lipinski definition) is 0. The molecule has 2 rings (SSSR count). The third kappa shape index (κ3) is 1.80. The molecule has 0 spiro atoms. The average Bonchev–Trinajstić information content (AvgIpc) is 2.67. The van der Waals surface area contributed by atoms with E-state index in [1.54, 1.807) is 12.1 Å². The molecule has 1 aromatic rings. The molecule has 0 aromatic heterocycles. The van der Waals surface area contributed by atoms with E-state index in [1.165, 1.54) is 0 Å². The van der Waals surface area contributed by atoms with Gasteiger partial charge in [0.05, 0.1) is 0 Å². The van der Waals surface area contributed by atoms with Gasteiger partial charge in [0.25, 0.3) is 0 Å². The Labute approximate surface area is 80.2 Å². The van der Waals surface area contributed by atoms with Crippen molar-refractivity contribution in [3.63, 3.8) is 0 Å². The van der Waals surface area contributed by atoms with Crippen molar-refractivity contribution in [1.29, 1.82) is 0 Å². The molecule has 0 N–H and O–H groups in total. The fraction of sp³-hybridized carbons (Fsp3) is 0.417. The minimum Gasteiger partial charge on any atom is -0.294 e. The number of hydrogen-bond acceptors (Lipinski definition) is 1. The zero-order valence-electron chi connectivity index (χ0n) is 8.62. The van der Waals surface area contributed by atoms with Gasteiger partial charge in [-0.05, 0) is 12.8 Å². The third-order valence-corrected chi connectivity index (χ3v) is 2.56. The molecule has 1 nitrogen and oxygen atoms in total. The van der Waals surface area contributed by atoms with Crippen molar-refractivity contribution in [3.8, 4) is 0 Å². The number of rotatable bonds is 2.